The van der Waals surface area contributed by atoms with Crippen molar-refractivity contribution in [1.82, 2.24) is 15.2 Å². The third-order valence-corrected chi connectivity index (χ3v) is 5.32. The molecule has 1 aliphatic rings. The van der Waals surface area contributed by atoms with Crippen LogP contribution in [-0.4, -0.2) is 49.6 Å². The van der Waals surface area contributed by atoms with E-state index in [4.69, 9.17) is 0 Å². The van der Waals surface area contributed by atoms with Crippen molar-refractivity contribution < 1.29 is 0 Å². The summed E-state index contributed by atoms with van der Waals surface area (Å²) < 4.78 is 0. The lowest BCUT2D eigenvalue weighted by molar-refractivity contribution is 0.477. The van der Waals surface area contributed by atoms with Gasteiger partial charge < -0.3 is 15.1 Å². The highest BCUT2D eigenvalue weighted by Crippen LogP contribution is 2.20. The van der Waals surface area contributed by atoms with Crippen LogP contribution in [-0.2, 0) is 13.0 Å². The van der Waals surface area contributed by atoms with Gasteiger partial charge in [0.15, 0.2) is 5.96 Å². The number of aliphatic imine (C=N–C) groups is 1. The highest BCUT2D eigenvalue weighted by atomic mass is 127. The maximum Gasteiger partial charge on any atom is 0.193 e. The van der Waals surface area contributed by atoms with E-state index in [1.807, 2.05) is 20.2 Å². The number of halogens is 1. The molecule has 6 heteroatoms. The van der Waals surface area contributed by atoms with Crippen LogP contribution in [0.15, 0.2) is 47.6 Å². The van der Waals surface area contributed by atoms with E-state index in [2.05, 4.69) is 68.5 Å². The van der Waals surface area contributed by atoms with Gasteiger partial charge in [0.2, 0.25) is 0 Å². The monoisotopic (exact) mass is 507 g/mol. The topological polar surface area (TPSA) is 43.8 Å². The minimum Gasteiger partial charge on any atom is -0.372 e. The molecule has 0 aliphatic carbocycles. The molecule has 1 aliphatic heterocycles. The molecule has 0 bridgehead atoms. The molecule has 1 saturated heterocycles. The summed E-state index contributed by atoms with van der Waals surface area (Å²) in [5.74, 6) is 0.917. The van der Waals surface area contributed by atoms with Gasteiger partial charge in [0.25, 0.3) is 0 Å². The first-order chi connectivity index (χ1) is 13.7. The predicted octanol–water partition coefficient (Wildman–Crippen LogP) is 4.25. The highest BCUT2D eigenvalue weighted by molar-refractivity contribution is 14.0. The maximum absolute atomic E-state index is 4.43. The summed E-state index contributed by atoms with van der Waals surface area (Å²) in [6.07, 6.45) is 6.88. The lowest BCUT2D eigenvalue weighted by Crippen LogP contribution is -2.39. The van der Waals surface area contributed by atoms with Crippen LogP contribution in [0, 0.1) is 6.92 Å². The van der Waals surface area contributed by atoms with E-state index in [1.165, 1.54) is 49.2 Å². The first-order valence-corrected chi connectivity index (χ1v) is 10.3. The Morgan fingerprint density at radius 1 is 1.07 bits per heavy atom. The number of nitrogens with zero attached hydrogens (tertiary/aromatic N) is 4. The predicted molar refractivity (Wildman–Crippen MR) is 133 cm³/mol. The molecule has 0 saturated carbocycles. The van der Waals surface area contributed by atoms with Gasteiger partial charge in [-0.1, -0.05) is 18.2 Å². The van der Waals surface area contributed by atoms with Crippen molar-refractivity contribution in [2.45, 2.75) is 39.2 Å². The molecule has 1 fully saturated rings. The van der Waals surface area contributed by atoms with Gasteiger partial charge in [0.1, 0.15) is 0 Å². The summed E-state index contributed by atoms with van der Waals surface area (Å²) in [7, 11) is 3.92. The average molecular weight is 507 g/mol. The fraction of sp³-hybridized carbons (Fsp3) is 0.478. The molecule has 0 radical (unpaired) electrons. The molecular formula is C23H34IN5. The molecule has 158 valence electrons. The van der Waals surface area contributed by atoms with Gasteiger partial charge >= 0.3 is 0 Å². The van der Waals surface area contributed by atoms with Gasteiger partial charge in [0.05, 0.1) is 0 Å². The van der Waals surface area contributed by atoms with Gasteiger partial charge in [0, 0.05) is 57.9 Å². The molecule has 0 unspecified atom stereocenters. The van der Waals surface area contributed by atoms with E-state index in [9.17, 15) is 0 Å². The van der Waals surface area contributed by atoms with Gasteiger partial charge in [-0.3, -0.25) is 9.98 Å². The normalized spacial score (nSPS) is 14.3. The summed E-state index contributed by atoms with van der Waals surface area (Å²) >= 11 is 0. The Morgan fingerprint density at radius 3 is 2.38 bits per heavy atom. The van der Waals surface area contributed by atoms with Crippen molar-refractivity contribution in [2.24, 2.45) is 4.99 Å². The summed E-state index contributed by atoms with van der Waals surface area (Å²) in [5, 5.41) is 3.46. The molecule has 0 amide bonds. The van der Waals surface area contributed by atoms with E-state index in [1.54, 1.807) is 0 Å². The molecule has 2 aromatic rings. The largest absolute Gasteiger partial charge is 0.372 e. The Balaban J connectivity index is 0.00000300. The van der Waals surface area contributed by atoms with Crippen molar-refractivity contribution in [2.75, 3.05) is 38.6 Å². The lowest BCUT2D eigenvalue weighted by Gasteiger charge is -2.29. The molecule has 1 N–H and O–H groups in total. The SMILES string of the molecule is CN=C(NCCc1ccc(C)nc1)N(C)Cc1ccc(N2CCCCC2)cc1.I. The van der Waals surface area contributed by atoms with Crippen LogP contribution in [0.3, 0.4) is 0 Å². The number of piperidine rings is 1. The Bertz CT molecular complexity index is 752. The number of benzene rings is 1. The van der Waals surface area contributed by atoms with Crippen LogP contribution >= 0.6 is 24.0 Å². The number of anilines is 1. The van der Waals surface area contributed by atoms with E-state index >= 15 is 0 Å². The molecule has 2 heterocycles. The van der Waals surface area contributed by atoms with Crippen molar-refractivity contribution in [3.8, 4) is 0 Å². The molecule has 0 atom stereocenters. The van der Waals surface area contributed by atoms with Gasteiger partial charge in [-0.25, -0.2) is 0 Å². The van der Waals surface area contributed by atoms with Crippen molar-refractivity contribution in [1.29, 1.82) is 0 Å². The van der Waals surface area contributed by atoms with Gasteiger partial charge in [-0.15, -0.1) is 24.0 Å². The first-order valence-electron chi connectivity index (χ1n) is 10.3. The van der Waals surface area contributed by atoms with Crippen molar-refractivity contribution in [3.63, 3.8) is 0 Å². The van der Waals surface area contributed by atoms with E-state index < -0.39 is 0 Å². The van der Waals surface area contributed by atoms with Gasteiger partial charge in [-0.2, -0.15) is 0 Å². The van der Waals surface area contributed by atoms with E-state index in [-0.39, 0.29) is 24.0 Å². The number of rotatable bonds is 6. The number of aryl methyl sites for hydroxylation is 1. The van der Waals surface area contributed by atoms with E-state index in [0.717, 1.165) is 31.2 Å². The molecule has 0 spiro atoms. The third-order valence-electron chi connectivity index (χ3n) is 5.32. The second-order valence-electron chi connectivity index (χ2n) is 7.60. The Kier molecular flexibility index (Phi) is 9.70. The molecule has 3 rings (SSSR count). The fourth-order valence-electron chi connectivity index (χ4n) is 3.66. The summed E-state index contributed by atoms with van der Waals surface area (Å²) in [4.78, 5) is 13.5. The van der Waals surface area contributed by atoms with Crippen LogP contribution in [0.25, 0.3) is 0 Å². The first kappa shape index (κ1) is 23.4. The quantitative estimate of drug-likeness (QED) is 0.361. The number of guanidine groups is 1. The number of nitrogens with one attached hydrogen (secondary N) is 1. The molecule has 1 aromatic carbocycles. The second kappa shape index (κ2) is 12.0. The molecule has 29 heavy (non-hydrogen) atoms. The zero-order valence-corrected chi connectivity index (χ0v) is 20.2. The number of hydrogen-bond donors (Lipinski definition) is 1. The molecule has 1 aromatic heterocycles. The zero-order valence-electron chi connectivity index (χ0n) is 17.9. The van der Waals surface area contributed by atoms with Crippen LogP contribution in [0.4, 0.5) is 5.69 Å². The Labute approximate surface area is 192 Å². The van der Waals surface area contributed by atoms with Gasteiger partial charge in [-0.05, 0) is 61.9 Å². The molecular weight excluding hydrogens is 473 g/mol. The number of hydrogen-bond acceptors (Lipinski definition) is 3. The maximum atomic E-state index is 4.43. The summed E-state index contributed by atoms with van der Waals surface area (Å²) in [6.45, 7) is 6.07. The fourth-order valence-corrected chi connectivity index (χ4v) is 3.66. The lowest BCUT2D eigenvalue weighted by atomic mass is 10.1. The summed E-state index contributed by atoms with van der Waals surface area (Å²) in [6, 6.07) is 13.2. The average Bonchev–Trinajstić information content (AvgIpc) is 2.73. The van der Waals surface area contributed by atoms with Crippen LogP contribution < -0.4 is 10.2 Å². The number of aromatic nitrogens is 1. The number of pyridine rings is 1. The van der Waals surface area contributed by atoms with Crippen molar-refractivity contribution in [3.05, 3.63) is 59.4 Å². The van der Waals surface area contributed by atoms with Crippen LogP contribution in [0.1, 0.15) is 36.1 Å². The third kappa shape index (κ3) is 7.17. The summed E-state index contributed by atoms with van der Waals surface area (Å²) in [5.41, 5.74) is 4.94. The minimum absolute atomic E-state index is 0. The minimum atomic E-state index is 0. The van der Waals surface area contributed by atoms with Crippen LogP contribution in [0.2, 0.25) is 0 Å². The Hall–Kier alpha value is -1.83. The zero-order chi connectivity index (χ0) is 19.8. The Morgan fingerprint density at radius 2 is 1.76 bits per heavy atom. The standard InChI is InChI=1S/C23H33N5.HI/c1-19-7-8-20(17-26-19)13-14-25-23(24-2)27(3)18-21-9-11-22(12-10-21)28-15-5-4-6-16-28;/h7-12,17H,4-6,13-16,18H2,1-3H3,(H,24,25);1H. The van der Waals surface area contributed by atoms with Crippen molar-refractivity contribution >= 4 is 35.6 Å². The van der Waals surface area contributed by atoms with Crippen LogP contribution in [0.5, 0.6) is 0 Å². The smallest absolute Gasteiger partial charge is 0.193 e. The highest BCUT2D eigenvalue weighted by Gasteiger charge is 2.11. The molecule has 5 nitrogen and oxygen atoms in total. The van der Waals surface area contributed by atoms with E-state index in [0.29, 0.717) is 0 Å². The second-order valence-corrected chi connectivity index (χ2v) is 7.60.